The lowest BCUT2D eigenvalue weighted by Crippen LogP contribution is -2.56. The van der Waals surface area contributed by atoms with E-state index < -0.39 is 11.6 Å². The maximum absolute atomic E-state index is 13.1. The van der Waals surface area contributed by atoms with E-state index >= 15 is 0 Å². The monoisotopic (exact) mass is 441 g/mol. The summed E-state index contributed by atoms with van der Waals surface area (Å²) in [6.45, 7) is 2.83. The van der Waals surface area contributed by atoms with Gasteiger partial charge in [-0.2, -0.15) is 0 Å². The largest absolute Gasteiger partial charge is 0.484 e. The van der Waals surface area contributed by atoms with Crippen LogP contribution in [0.4, 0.5) is 4.79 Å². The fourth-order valence-electron chi connectivity index (χ4n) is 4.02. The van der Waals surface area contributed by atoms with Crippen molar-refractivity contribution in [3.63, 3.8) is 0 Å². The number of nitrogens with one attached hydrogen (secondary N) is 1. The van der Waals surface area contributed by atoms with Gasteiger partial charge in [0.15, 0.2) is 6.61 Å². The number of hydrogen-bond acceptors (Lipinski definition) is 4. The Labute approximate surface area is 185 Å². The molecule has 2 saturated heterocycles. The van der Waals surface area contributed by atoms with Gasteiger partial charge in [0.05, 0.1) is 6.54 Å². The number of benzene rings is 2. The minimum absolute atomic E-state index is 0.0547. The van der Waals surface area contributed by atoms with Crippen molar-refractivity contribution >= 4 is 29.4 Å². The number of urea groups is 1. The highest BCUT2D eigenvalue weighted by Gasteiger charge is 2.52. The van der Waals surface area contributed by atoms with Gasteiger partial charge in [0.1, 0.15) is 11.3 Å². The summed E-state index contributed by atoms with van der Waals surface area (Å²) in [5.41, 5.74) is 0.843. The van der Waals surface area contributed by atoms with Crippen LogP contribution in [0.2, 0.25) is 5.02 Å². The highest BCUT2D eigenvalue weighted by atomic mass is 35.5. The first-order chi connectivity index (χ1) is 14.9. The number of halogens is 1. The van der Waals surface area contributed by atoms with Crippen LogP contribution in [0.3, 0.4) is 0 Å². The third-order valence-corrected chi connectivity index (χ3v) is 6.17. The lowest BCUT2D eigenvalue weighted by atomic mass is 9.87. The Morgan fingerprint density at radius 1 is 1.10 bits per heavy atom. The maximum Gasteiger partial charge on any atom is 0.325 e. The number of carbonyl (C=O) groups is 3. The summed E-state index contributed by atoms with van der Waals surface area (Å²) in [6.07, 6.45) is 0.760. The van der Waals surface area contributed by atoms with Crippen LogP contribution in [0.25, 0.3) is 0 Å². The Bertz CT molecular complexity index is 1000. The zero-order valence-corrected chi connectivity index (χ0v) is 18.0. The van der Waals surface area contributed by atoms with Gasteiger partial charge >= 0.3 is 6.03 Å². The average Bonchev–Trinajstić information content (AvgIpc) is 2.99. The molecule has 8 heteroatoms. The smallest absolute Gasteiger partial charge is 0.325 e. The van der Waals surface area contributed by atoms with Crippen LogP contribution >= 0.6 is 11.6 Å². The second kappa shape index (κ2) is 8.59. The first-order valence-electron chi connectivity index (χ1n) is 10.2. The highest BCUT2D eigenvalue weighted by molar-refractivity contribution is 6.30. The third kappa shape index (κ3) is 4.37. The zero-order valence-electron chi connectivity index (χ0n) is 17.3. The van der Waals surface area contributed by atoms with Gasteiger partial charge in [-0.25, -0.2) is 4.79 Å². The van der Waals surface area contributed by atoms with Gasteiger partial charge in [0, 0.05) is 18.1 Å². The summed E-state index contributed by atoms with van der Waals surface area (Å²) in [4.78, 5) is 41.1. The second-order valence-electron chi connectivity index (χ2n) is 7.96. The summed E-state index contributed by atoms with van der Waals surface area (Å²) < 4.78 is 5.65. The quantitative estimate of drug-likeness (QED) is 0.723. The molecule has 0 aliphatic carbocycles. The molecule has 31 heavy (non-hydrogen) atoms. The predicted octanol–water partition coefficient (Wildman–Crippen LogP) is 3.14. The fourth-order valence-corrected chi connectivity index (χ4v) is 4.14. The van der Waals surface area contributed by atoms with E-state index in [-0.39, 0.29) is 25.0 Å². The number of rotatable bonds is 5. The molecule has 0 unspecified atom stereocenters. The van der Waals surface area contributed by atoms with E-state index in [1.807, 2.05) is 31.2 Å². The van der Waals surface area contributed by atoms with Crippen molar-refractivity contribution in [1.82, 2.24) is 15.1 Å². The molecule has 1 N–H and O–H groups in total. The molecule has 0 saturated carbocycles. The summed E-state index contributed by atoms with van der Waals surface area (Å²) in [6, 6.07) is 14.2. The number of amides is 4. The van der Waals surface area contributed by atoms with E-state index in [0.717, 1.165) is 11.1 Å². The van der Waals surface area contributed by atoms with Crippen LogP contribution in [0, 0.1) is 6.92 Å². The third-order valence-electron chi connectivity index (χ3n) is 5.91. The van der Waals surface area contributed by atoms with E-state index in [1.54, 1.807) is 29.2 Å². The van der Waals surface area contributed by atoms with Gasteiger partial charge < -0.3 is 15.0 Å². The molecule has 2 aromatic carbocycles. The van der Waals surface area contributed by atoms with Gasteiger partial charge in [0.25, 0.3) is 11.8 Å². The summed E-state index contributed by atoms with van der Waals surface area (Å²) in [5, 5.41) is 3.47. The van der Waals surface area contributed by atoms with Crippen LogP contribution < -0.4 is 10.1 Å². The van der Waals surface area contributed by atoms with Crippen molar-refractivity contribution in [2.45, 2.75) is 31.8 Å². The Hall–Kier alpha value is -3.06. The number of para-hydroxylation sites is 1. The number of ether oxygens (including phenoxy) is 1. The fraction of sp³-hybridized carbons (Fsp3) is 0.348. The lowest BCUT2D eigenvalue weighted by molar-refractivity contribution is -0.139. The number of piperidine rings is 1. The Balaban J connectivity index is 1.34. The molecule has 0 aromatic heterocycles. The average molecular weight is 442 g/mol. The molecule has 4 amide bonds. The van der Waals surface area contributed by atoms with Crippen molar-refractivity contribution in [3.05, 3.63) is 64.7 Å². The zero-order chi connectivity index (χ0) is 22.0. The van der Waals surface area contributed by atoms with E-state index in [2.05, 4.69) is 5.32 Å². The number of aryl methyl sites for hydroxylation is 1. The predicted molar refractivity (Wildman–Crippen MR) is 116 cm³/mol. The topological polar surface area (TPSA) is 79.0 Å². The van der Waals surface area contributed by atoms with Crippen LogP contribution in [-0.4, -0.2) is 52.9 Å². The number of imide groups is 1. The van der Waals surface area contributed by atoms with E-state index in [9.17, 15) is 14.4 Å². The molecule has 0 radical (unpaired) electrons. The summed E-state index contributed by atoms with van der Waals surface area (Å²) in [5.74, 6) is 0.309. The molecule has 2 heterocycles. The SMILES string of the molecule is Cc1ccccc1OCC(=O)N1CCC2(CC1)NC(=O)N(Cc1ccc(Cl)cc1)C2=O. The molecule has 162 valence electrons. The maximum atomic E-state index is 13.1. The van der Waals surface area contributed by atoms with Crippen molar-refractivity contribution in [2.24, 2.45) is 0 Å². The van der Waals surface area contributed by atoms with Crippen molar-refractivity contribution in [3.8, 4) is 5.75 Å². The molecular weight excluding hydrogens is 418 g/mol. The second-order valence-corrected chi connectivity index (χ2v) is 8.40. The minimum Gasteiger partial charge on any atom is -0.484 e. The van der Waals surface area contributed by atoms with E-state index in [4.69, 9.17) is 16.3 Å². The molecule has 2 aliphatic rings. The van der Waals surface area contributed by atoms with Gasteiger partial charge in [-0.05, 0) is 49.1 Å². The van der Waals surface area contributed by atoms with Gasteiger partial charge in [0.2, 0.25) is 0 Å². The van der Waals surface area contributed by atoms with Gasteiger partial charge in [-0.15, -0.1) is 0 Å². The molecular formula is C23H24ClN3O4. The molecule has 2 aliphatic heterocycles. The normalized spacial score (nSPS) is 17.7. The molecule has 0 atom stereocenters. The van der Waals surface area contributed by atoms with Crippen LogP contribution in [0.5, 0.6) is 5.75 Å². The molecule has 0 bridgehead atoms. The van der Waals surface area contributed by atoms with Crippen molar-refractivity contribution in [1.29, 1.82) is 0 Å². The van der Waals surface area contributed by atoms with E-state index in [1.165, 1.54) is 4.90 Å². The van der Waals surface area contributed by atoms with Gasteiger partial charge in [-0.3, -0.25) is 14.5 Å². The number of likely N-dealkylation sites (tertiary alicyclic amines) is 1. The van der Waals surface area contributed by atoms with Gasteiger partial charge in [-0.1, -0.05) is 41.9 Å². The Morgan fingerprint density at radius 3 is 2.45 bits per heavy atom. The van der Waals surface area contributed by atoms with E-state index in [0.29, 0.717) is 36.7 Å². The Morgan fingerprint density at radius 2 is 1.77 bits per heavy atom. The van der Waals surface area contributed by atoms with Crippen LogP contribution in [-0.2, 0) is 16.1 Å². The van der Waals surface area contributed by atoms with Crippen LogP contribution in [0.1, 0.15) is 24.0 Å². The number of nitrogens with zero attached hydrogens (tertiary/aromatic N) is 2. The molecule has 2 fully saturated rings. The highest BCUT2D eigenvalue weighted by Crippen LogP contribution is 2.30. The molecule has 7 nitrogen and oxygen atoms in total. The minimum atomic E-state index is -0.947. The summed E-state index contributed by atoms with van der Waals surface area (Å²) >= 11 is 5.91. The van der Waals surface area contributed by atoms with Crippen molar-refractivity contribution < 1.29 is 19.1 Å². The molecule has 1 spiro atoms. The standard InChI is InChI=1S/C23H24ClN3O4/c1-16-4-2-3-5-19(16)31-15-20(28)26-12-10-23(11-13-26)21(29)27(22(30)25-23)14-17-6-8-18(24)9-7-17/h2-9H,10-15H2,1H3,(H,25,30). The lowest BCUT2D eigenvalue weighted by Gasteiger charge is -2.37. The van der Waals surface area contributed by atoms with Crippen LogP contribution in [0.15, 0.2) is 48.5 Å². The number of hydrogen-bond donors (Lipinski definition) is 1. The first kappa shape index (κ1) is 21.2. The molecule has 4 rings (SSSR count). The Kier molecular flexibility index (Phi) is 5.87. The molecule has 2 aromatic rings. The summed E-state index contributed by atoms with van der Waals surface area (Å²) in [7, 11) is 0. The van der Waals surface area contributed by atoms with Crippen molar-refractivity contribution in [2.75, 3.05) is 19.7 Å². The first-order valence-corrected chi connectivity index (χ1v) is 10.6. The number of carbonyl (C=O) groups excluding carboxylic acids is 3.